The summed E-state index contributed by atoms with van der Waals surface area (Å²) in [7, 11) is 0. The van der Waals surface area contributed by atoms with Gasteiger partial charge in [0, 0.05) is 16.1 Å². The molecule has 3 fully saturated rings. The third kappa shape index (κ3) is 3.65. The van der Waals surface area contributed by atoms with Crippen LogP contribution in [0.4, 0.5) is 0 Å². The molecule has 0 aliphatic carbocycles. The average molecular weight is 399 g/mol. The molecule has 3 heterocycles. The second-order valence-corrected chi connectivity index (χ2v) is 7.35. The number of benzene rings is 2. The molecule has 0 bridgehead atoms. The first-order valence-corrected chi connectivity index (χ1v) is 9.64. The molecule has 0 amide bonds. The smallest absolute Gasteiger partial charge is 0.232 e. The van der Waals surface area contributed by atoms with Crippen LogP contribution in [-0.2, 0) is 23.7 Å². The molecule has 2 aromatic carbocycles. The van der Waals surface area contributed by atoms with Crippen LogP contribution in [0.3, 0.4) is 0 Å². The molecule has 3 saturated heterocycles. The molecule has 152 valence electrons. The molecule has 0 saturated carbocycles. The Morgan fingerprint density at radius 1 is 0.793 bits per heavy atom. The molecule has 3 aliphatic heterocycles. The van der Waals surface area contributed by atoms with Crippen molar-refractivity contribution in [2.45, 2.75) is 43.1 Å². The SMILES string of the molecule is O=[N+]([O-])C[C@@H]1O[C@@H]2CO[C@H](c3ccccc3)O[C@H]2[C@@H]2O[C@@H](c3ccccc3)O[C@@H]21. The Hall–Kier alpha value is -2.36. The van der Waals surface area contributed by atoms with Gasteiger partial charge in [-0.15, -0.1) is 0 Å². The molecule has 7 atom stereocenters. The second kappa shape index (κ2) is 7.81. The van der Waals surface area contributed by atoms with Crippen molar-refractivity contribution in [3.8, 4) is 0 Å². The van der Waals surface area contributed by atoms with Gasteiger partial charge in [-0.05, 0) is 0 Å². The summed E-state index contributed by atoms with van der Waals surface area (Å²) < 4.78 is 30.3. The number of rotatable bonds is 4. The number of fused-ring (bicyclic) bond motifs is 3. The first-order chi connectivity index (χ1) is 14.2. The van der Waals surface area contributed by atoms with Gasteiger partial charge in [0.1, 0.15) is 24.4 Å². The van der Waals surface area contributed by atoms with Gasteiger partial charge in [-0.1, -0.05) is 60.7 Å². The second-order valence-electron chi connectivity index (χ2n) is 7.35. The lowest BCUT2D eigenvalue weighted by atomic mass is 9.94. The van der Waals surface area contributed by atoms with Gasteiger partial charge in [0.15, 0.2) is 18.7 Å². The van der Waals surface area contributed by atoms with Crippen molar-refractivity contribution in [2.75, 3.05) is 13.2 Å². The fourth-order valence-electron chi connectivity index (χ4n) is 4.14. The minimum absolute atomic E-state index is 0.265. The first-order valence-electron chi connectivity index (χ1n) is 9.64. The van der Waals surface area contributed by atoms with Gasteiger partial charge in [-0.3, -0.25) is 10.1 Å². The highest BCUT2D eigenvalue weighted by atomic mass is 16.8. The molecule has 3 aliphatic rings. The van der Waals surface area contributed by atoms with E-state index in [0.717, 1.165) is 11.1 Å². The van der Waals surface area contributed by atoms with Crippen LogP contribution >= 0.6 is 0 Å². The summed E-state index contributed by atoms with van der Waals surface area (Å²) in [6, 6.07) is 19.1. The van der Waals surface area contributed by atoms with E-state index in [9.17, 15) is 10.1 Å². The predicted molar refractivity (Wildman–Crippen MR) is 99.5 cm³/mol. The predicted octanol–water partition coefficient (Wildman–Crippen LogP) is 2.63. The van der Waals surface area contributed by atoms with Crippen molar-refractivity contribution in [1.82, 2.24) is 0 Å². The summed E-state index contributed by atoms with van der Waals surface area (Å²) in [5.74, 6) is 0. The largest absolute Gasteiger partial charge is 0.360 e. The van der Waals surface area contributed by atoms with Gasteiger partial charge >= 0.3 is 0 Å². The van der Waals surface area contributed by atoms with Gasteiger partial charge in [0.2, 0.25) is 6.54 Å². The van der Waals surface area contributed by atoms with E-state index in [0.29, 0.717) is 0 Å². The molecule has 5 rings (SSSR count). The van der Waals surface area contributed by atoms with Gasteiger partial charge in [-0.25, -0.2) is 0 Å². The number of hydrogen-bond acceptors (Lipinski definition) is 7. The van der Waals surface area contributed by atoms with Crippen LogP contribution in [0.1, 0.15) is 23.7 Å². The van der Waals surface area contributed by atoms with Crippen LogP contribution < -0.4 is 0 Å². The van der Waals surface area contributed by atoms with Crippen LogP contribution in [0.2, 0.25) is 0 Å². The van der Waals surface area contributed by atoms with E-state index < -0.39 is 48.0 Å². The van der Waals surface area contributed by atoms with Crippen molar-refractivity contribution < 1.29 is 28.6 Å². The molecule has 8 heteroatoms. The van der Waals surface area contributed by atoms with Crippen molar-refractivity contribution in [3.05, 3.63) is 81.9 Å². The summed E-state index contributed by atoms with van der Waals surface area (Å²) in [5.41, 5.74) is 1.75. The normalized spacial score (nSPS) is 36.2. The zero-order chi connectivity index (χ0) is 19.8. The van der Waals surface area contributed by atoms with Crippen LogP contribution in [0.25, 0.3) is 0 Å². The van der Waals surface area contributed by atoms with E-state index in [1.54, 1.807) is 0 Å². The van der Waals surface area contributed by atoms with Crippen LogP contribution in [0.5, 0.6) is 0 Å². The number of nitro groups is 1. The van der Waals surface area contributed by atoms with Crippen LogP contribution in [0, 0.1) is 10.1 Å². The molecular formula is C21H21NO7. The molecule has 29 heavy (non-hydrogen) atoms. The lowest BCUT2D eigenvalue weighted by molar-refractivity contribution is -0.499. The Morgan fingerprint density at radius 3 is 2.03 bits per heavy atom. The van der Waals surface area contributed by atoms with Crippen molar-refractivity contribution in [1.29, 1.82) is 0 Å². The molecule has 0 spiro atoms. The summed E-state index contributed by atoms with van der Waals surface area (Å²) in [6.07, 6.45) is -3.89. The zero-order valence-corrected chi connectivity index (χ0v) is 15.5. The van der Waals surface area contributed by atoms with E-state index in [2.05, 4.69) is 0 Å². The Labute approximate surface area is 167 Å². The highest BCUT2D eigenvalue weighted by molar-refractivity contribution is 5.19. The number of nitrogens with zero attached hydrogens (tertiary/aromatic N) is 1. The summed E-state index contributed by atoms with van der Waals surface area (Å²) in [6.45, 7) is -0.0988. The highest BCUT2D eigenvalue weighted by Crippen LogP contribution is 2.43. The molecule has 0 N–H and O–H groups in total. The van der Waals surface area contributed by atoms with Gasteiger partial charge in [0.05, 0.1) is 6.61 Å². The summed E-state index contributed by atoms with van der Waals surface area (Å²) in [4.78, 5) is 10.8. The summed E-state index contributed by atoms with van der Waals surface area (Å²) >= 11 is 0. The topological polar surface area (TPSA) is 89.3 Å². The maximum atomic E-state index is 11.2. The van der Waals surface area contributed by atoms with Gasteiger partial charge < -0.3 is 23.7 Å². The van der Waals surface area contributed by atoms with E-state index in [-0.39, 0.29) is 13.2 Å². The van der Waals surface area contributed by atoms with Crippen molar-refractivity contribution in [3.63, 3.8) is 0 Å². The Balaban J connectivity index is 1.40. The number of ether oxygens (including phenoxy) is 5. The number of hydrogen-bond donors (Lipinski definition) is 0. The Bertz CT molecular complexity index is 849. The third-order valence-corrected chi connectivity index (χ3v) is 5.46. The molecule has 0 radical (unpaired) electrons. The molecule has 0 unspecified atom stereocenters. The van der Waals surface area contributed by atoms with Crippen LogP contribution in [0.15, 0.2) is 60.7 Å². The average Bonchev–Trinajstić information content (AvgIpc) is 3.21. The fourth-order valence-corrected chi connectivity index (χ4v) is 4.14. The quantitative estimate of drug-likeness (QED) is 0.577. The van der Waals surface area contributed by atoms with E-state index in [1.165, 1.54) is 0 Å². The Morgan fingerprint density at radius 2 is 1.38 bits per heavy atom. The lowest BCUT2D eigenvalue weighted by Gasteiger charge is -2.45. The zero-order valence-electron chi connectivity index (χ0n) is 15.5. The maximum Gasteiger partial charge on any atom is 0.232 e. The highest BCUT2D eigenvalue weighted by Gasteiger charge is 2.57. The Kier molecular flexibility index (Phi) is 5.03. The summed E-state index contributed by atoms with van der Waals surface area (Å²) in [5, 5.41) is 11.2. The lowest BCUT2D eigenvalue weighted by Crippen LogP contribution is -2.61. The minimum Gasteiger partial charge on any atom is -0.360 e. The first kappa shape index (κ1) is 18.7. The fraction of sp³-hybridized carbons (Fsp3) is 0.429. The van der Waals surface area contributed by atoms with Crippen molar-refractivity contribution in [2.24, 2.45) is 0 Å². The van der Waals surface area contributed by atoms with Gasteiger partial charge in [-0.2, -0.15) is 0 Å². The molecule has 0 aromatic heterocycles. The van der Waals surface area contributed by atoms with Crippen LogP contribution in [-0.4, -0.2) is 48.6 Å². The standard InChI is InChI=1S/C21H21NO7/c23-22(24)11-15-17-19(29-21(28-17)14-9-5-2-6-10-14)18-16(26-15)12-25-20(27-18)13-7-3-1-4-8-13/h1-10,15-21H,11-12H2/t15-,16+,17+,18+,19+,20-,21-/m0/s1. The third-order valence-electron chi connectivity index (χ3n) is 5.46. The van der Waals surface area contributed by atoms with Gasteiger partial charge in [0.25, 0.3) is 0 Å². The molecular weight excluding hydrogens is 378 g/mol. The van der Waals surface area contributed by atoms with E-state index >= 15 is 0 Å². The monoisotopic (exact) mass is 399 g/mol. The van der Waals surface area contributed by atoms with E-state index in [1.807, 2.05) is 60.7 Å². The minimum atomic E-state index is -0.731. The molecule has 2 aromatic rings. The van der Waals surface area contributed by atoms with Crippen molar-refractivity contribution >= 4 is 0 Å². The maximum absolute atomic E-state index is 11.2. The van der Waals surface area contributed by atoms with E-state index in [4.69, 9.17) is 23.7 Å². The molecule has 8 nitrogen and oxygen atoms in total.